The van der Waals surface area contributed by atoms with Gasteiger partial charge in [-0.25, -0.2) is 8.42 Å². The molecule has 0 aliphatic rings. The molecule has 1 rings (SSSR count). The van der Waals surface area contributed by atoms with E-state index in [-0.39, 0.29) is 21.7 Å². The number of hydrogen-bond donors (Lipinski definition) is 1. The van der Waals surface area contributed by atoms with Crippen LogP contribution in [0, 0.1) is 11.3 Å². The van der Waals surface area contributed by atoms with Crippen LogP contribution in [0.15, 0.2) is 29.2 Å². The van der Waals surface area contributed by atoms with Crippen molar-refractivity contribution < 1.29 is 12.6 Å². The number of nitrogens with two attached hydrogens (primary N) is 1. The van der Waals surface area contributed by atoms with Crippen molar-refractivity contribution >= 4 is 20.6 Å². The molecule has 0 aliphatic carbocycles. The highest BCUT2D eigenvalue weighted by Gasteiger charge is 2.18. The number of nitriles is 1. The maximum Gasteiger partial charge on any atom is 0.179 e. The molecular formula is C13H18N2O3S2. The van der Waals surface area contributed by atoms with Gasteiger partial charge in [0.2, 0.25) is 0 Å². The Balaban J connectivity index is 2.76. The second-order valence-corrected chi connectivity index (χ2v) is 8.51. The van der Waals surface area contributed by atoms with Gasteiger partial charge in [0.15, 0.2) is 9.84 Å². The van der Waals surface area contributed by atoms with Crippen molar-refractivity contribution in [3.8, 4) is 6.07 Å². The number of hydrogen-bond acceptors (Lipinski definition) is 5. The van der Waals surface area contributed by atoms with Gasteiger partial charge in [-0.2, -0.15) is 5.26 Å². The predicted molar refractivity (Wildman–Crippen MR) is 79.4 cm³/mol. The third-order valence-corrected chi connectivity index (χ3v) is 6.61. The fourth-order valence-electron chi connectivity index (χ4n) is 1.64. The number of sulfone groups is 1. The molecule has 0 spiro atoms. The average Bonchev–Trinajstić information content (AvgIpc) is 2.45. The van der Waals surface area contributed by atoms with Crippen molar-refractivity contribution in [1.29, 1.82) is 5.26 Å². The lowest BCUT2D eigenvalue weighted by Crippen LogP contribution is -2.22. The molecule has 0 bridgehead atoms. The molecule has 5 nitrogen and oxygen atoms in total. The molecule has 20 heavy (non-hydrogen) atoms. The summed E-state index contributed by atoms with van der Waals surface area (Å²) in [6.07, 6.45) is 0.608. The summed E-state index contributed by atoms with van der Waals surface area (Å²) in [5.74, 6) is -0.107. The molecule has 7 heteroatoms. The Morgan fingerprint density at radius 2 is 2.15 bits per heavy atom. The van der Waals surface area contributed by atoms with E-state index in [0.717, 1.165) is 0 Å². The fraction of sp³-hybridized carbons (Fsp3) is 0.462. The smallest absolute Gasteiger partial charge is 0.179 e. The zero-order chi connectivity index (χ0) is 15.2. The van der Waals surface area contributed by atoms with Gasteiger partial charge in [-0.15, -0.1) is 0 Å². The first kappa shape index (κ1) is 16.8. The van der Waals surface area contributed by atoms with Crippen molar-refractivity contribution in [1.82, 2.24) is 0 Å². The lowest BCUT2D eigenvalue weighted by atomic mass is 10.2. The first-order chi connectivity index (χ1) is 9.40. The van der Waals surface area contributed by atoms with Gasteiger partial charge < -0.3 is 5.73 Å². The van der Waals surface area contributed by atoms with Crippen LogP contribution in [0.4, 0.5) is 0 Å². The molecule has 0 fully saturated rings. The summed E-state index contributed by atoms with van der Waals surface area (Å²) in [5, 5.41) is 8.66. The van der Waals surface area contributed by atoms with Crippen molar-refractivity contribution in [3.63, 3.8) is 0 Å². The molecular weight excluding hydrogens is 296 g/mol. The zero-order valence-electron chi connectivity index (χ0n) is 11.3. The standard InChI is InChI=1S/C13H18N2O3S2/c1-11(5-6-14)19(16)7-8-20(17,18)13-4-2-3-12(9-13)10-15/h2-4,9,11H,5-8,14H2,1H3. The minimum Gasteiger partial charge on any atom is -0.330 e. The van der Waals surface area contributed by atoms with Crippen LogP contribution in [0.3, 0.4) is 0 Å². The molecule has 0 saturated carbocycles. The SMILES string of the molecule is CC(CCN)S(=O)CCS(=O)(=O)c1cccc(C#N)c1. The minimum atomic E-state index is -3.51. The third kappa shape index (κ3) is 4.71. The van der Waals surface area contributed by atoms with Crippen molar-refractivity contribution in [2.24, 2.45) is 5.73 Å². The van der Waals surface area contributed by atoms with Crippen LogP contribution in [0.5, 0.6) is 0 Å². The first-order valence-corrected chi connectivity index (χ1v) is 9.24. The van der Waals surface area contributed by atoms with E-state index in [2.05, 4.69) is 0 Å². The number of nitrogens with zero attached hydrogens (tertiary/aromatic N) is 1. The van der Waals surface area contributed by atoms with Gasteiger partial charge in [-0.1, -0.05) is 13.0 Å². The molecule has 2 N–H and O–H groups in total. The Hall–Kier alpha value is -1.23. The summed E-state index contributed by atoms with van der Waals surface area (Å²) < 4.78 is 36.1. The molecule has 2 atom stereocenters. The van der Waals surface area contributed by atoms with Crippen LogP contribution in [-0.4, -0.2) is 35.9 Å². The van der Waals surface area contributed by atoms with E-state index < -0.39 is 20.6 Å². The van der Waals surface area contributed by atoms with Crippen LogP contribution in [0.25, 0.3) is 0 Å². The number of rotatable bonds is 7. The van der Waals surface area contributed by atoms with Crippen molar-refractivity contribution in [2.75, 3.05) is 18.1 Å². The van der Waals surface area contributed by atoms with Crippen LogP contribution < -0.4 is 5.73 Å². The molecule has 0 aromatic heterocycles. The molecule has 0 amide bonds. The lowest BCUT2D eigenvalue weighted by Gasteiger charge is -2.10. The van der Waals surface area contributed by atoms with Crippen molar-refractivity contribution in [3.05, 3.63) is 29.8 Å². The summed E-state index contributed by atoms with van der Waals surface area (Å²) in [5.41, 5.74) is 5.68. The largest absolute Gasteiger partial charge is 0.330 e. The Morgan fingerprint density at radius 3 is 2.75 bits per heavy atom. The van der Waals surface area contributed by atoms with E-state index >= 15 is 0 Å². The zero-order valence-corrected chi connectivity index (χ0v) is 12.9. The first-order valence-electron chi connectivity index (χ1n) is 6.21. The average molecular weight is 314 g/mol. The Labute approximate surface area is 122 Å². The van der Waals surface area contributed by atoms with Gasteiger partial charge >= 0.3 is 0 Å². The van der Waals surface area contributed by atoms with E-state index in [1.165, 1.54) is 18.2 Å². The minimum absolute atomic E-state index is 0.0836. The van der Waals surface area contributed by atoms with Crippen LogP contribution in [0.2, 0.25) is 0 Å². The topological polar surface area (TPSA) is 101 Å². The second-order valence-electron chi connectivity index (χ2n) is 4.43. The number of benzene rings is 1. The quantitative estimate of drug-likeness (QED) is 0.803. The van der Waals surface area contributed by atoms with Gasteiger partial charge in [0.05, 0.1) is 22.3 Å². The van der Waals surface area contributed by atoms with Gasteiger partial charge in [0.25, 0.3) is 0 Å². The van der Waals surface area contributed by atoms with Crippen LogP contribution in [-0.2, 0) is 20.6 Å². The summed E-state index contributed by atoms with van der Waals surface area (Å²) in [7, 11) is -4.73. The predicted octanol–water partition coefficient (Wildman–Crippen LogP) is 0.818. The molecule has 0 saturated heterocycles. The molecule has 0 radical (unpaired) electrons. The monoisotopic (exact) mass is 314 g/mol. The molecule has 2 unspecified atom stereocenters. The molecule has 1 aromatic rings. The Morgan fingerprint density at radius 1 is 1.45 bits per heavy atom. The Kier molecular flexibility index (Phi) is 6.33. The van der Waals surface area contributed by atoms with Gasteiger partial charge in [0.1, 0.15) is 0 Å². The van der Waals surface area contributed by atoms with Gasteiger partial charge in [0, 0.05) is 21.8 Å². The van der Waals surface area contributed by atoms with Crippen LogP contribution >= 0.6 is 0 Å². The highest BCUT2D eigenvalue weighted by atomic mass is 32.2. The summed E-state index contributed by atoms with van der Waals surface area (Å²) in [6.45, 7) is 2.23. The molecule has 110 valence electrons. The van der Waals surface area contributed by atoms with E-state index in [1.54, 1.807) is 13.0 Å². The summed E-state index contributed by atoms with van der Waals surface area (Å²) >= 11 is 0. The highest BCUT2D eigenvalue weighted by molar-refractivity contribution is 7.93. The maximum absolute atomic E-state index is 12.1. The summed E-state index contributed by atoms with van der Waals surface area (Å²) in [6, 6.07) is 7.75. The molecule has 0 aliphatic heterocycles. The van der Waals surface area contributed by atoms with E-state index in [0.29, 0.717) is 18.5 Å². The van der Waals surface area contributed by atoms with Gasteiger partial charge in [-0.3, -0.25) is 4.21 Å². The molecule has 0 heterocycles. The normalized spacial score (nSPS) is 14.4. The summed E-state index contributed by atoms with van der Waals surface area (Å²) in [4.78, 5) is 0.0972. The third-order valence-electron chi connectivity index (χ3n) is 2.90. The van der Waals surface area contributed by atoms with E-state index in [9.17, 15) is 12.6 Å². The maximum atomic E-state index is 12.1. The van der Waals surface area contributed by atoms with E-state index in [4.69, 9.17) is 11.0 Å². The Bertz CT molecular complexity index is 621. The second kappa shape index (κ2) is 7.53. The van der Waals surface area contributed by atoms with Gasteiger partial charge in [-0.05, 0) is 31.2 Å². The van der Waals surface area contributed by atoms with Crippen LogP contribution in [0.1, 0.15) is 18.9 Å². The van der Waals surface area contributed by atoms with Crippen molar-refractivity contribution in [2.45, 2.75) is 23.5 Å². The fourth-order valence-corrected chi connectivity index (χ4v) is 4.80. The van der Waals surface area contributed by atoms with E-state index in [1.807, 2.05) is 6.07 Å². The lowest BCUT2D eigenvalue weighted by molar-refractivity contribution is 0.596. The molecule has 1 aromatic carbocycles. The highest BCUT2D eigenvalue weighted by Crippen LogP contribution is 2.14.